The van der Waals surface area contributed by atoms with Gasteiger partial charge in [0.25, 0.3) is 0 Å². The molecule has 100 valence electrons. The number of halogens is 2. The van der Waals surface area contributed by atoms with Crippen molar-refractivity contribution in [3.05, 3.63) is 34.1 Å². The average molecular weight is 316 g/mol. The standard InChI is InChI=1S/C14H19BrFNO/c1-17(10-14(18)6-2-3-7-14)9-11-8-12(15)4-5-13(11)16/h4-5,8,18H,2-3,6-7,9-10H2,1H3. The van der Waals surface area contributed by atoms with Crippen molar-refractivity contribution in [2.24, 2.45) is 0 Å². The first-order valence-corrected chi connectivity index (χ1v) is 7.13. The summed E-state index contributed by atoms with van der Waals surface area (Å²) in [5.41, 5.74) is 0.0884. The quantitative estimate of drug-likeness (QED) is 0.921. The Morgan fingerprint density at radius 1 is 1.39 bits per heavy atom. The van der Waals surface area contributed by atoms with Crippen LogP contribution in [-0.4, -0.2) is 29.2 Å². The molecule has 0 atom stereocenters. The highest BCUT2D eigenvalue weighted by molar-refractivity contribution is 9.10. The van der Waals surface area contributed by atoms with Crippen molar-refractivity contribution in [1.29, 1.82) is 0 Å². The monoisotopic (exact) mass is 315 g/mol. The summed E-state index contributed by atoms with van der Waals surface area (Å²) in [6, 6.07) is 4.96. The molecule has 1 aliphatic carbocycles. The van der Waals surface area contributed by atoms with Gasteiger partial charge in [-0.2, -0.15) is 0 Å². The third-order valence-corrected chi connectivity index (χ3v) is 4.04. The Morgan fingerprint density at radius 3 is 2.72 bits per heavy atom. The van der Waals surface area contributed by atoms with Crippen molar-refractivity contribution >= 4 is 15.9 Å². The predicted octanol–water partition coefficient (Wildman–Crippen LogP) is 3.33. The lowest BCUT2D eigenvalue weighted by molar-refractivity contribution is 0.0143. The molecule has 1 saturated carbocycles. The van der Waals surface area contributed by atoms with Crippen LogP contribution in [0.2, 0.25) is 0 Å². The van der Waals surface area contributed by atoms with Crippen molar-refractivity contribution in [3.8, 4) is 0 Å². The van der Waals surface area contributed by atoms with Gasteiger partial charge in [0.2, 0.25) is 0 Å². The molecule has 2 rings (SSSR count). The van der Waals surface area contributed by atoms with Gasteiger partial charge in [-0.1, -0.05) is 28.8 Å². The minimum absolute atomic E-state index is 0.191. The summed E-state index contributed by atoms with van der Waals surface area (Å²) >= 11 is 3.35. The molecule has 0 saturated heterocycles. The van der Waals surface area contributed by atoms with Crippen molar-refractivity contribution in [2.45, 2.75) is 37.8 Å². The summed E-state index contributed by atoms with van der Waals surface area (Å²) in [7, 11) is 1.93. The van der Waals surface area contributed by atoms with Gasteiger partial charge in [0, 0.05) is 23.1 Å². The first-order valence-electron chi connectivity index (χ1n) is 6.33. The van der Waals surface area contributed by atoms with Gasteiger partial charge < -0.3 is 5.11 Å². The molecule has 0 unspecified atom stereocenters. The van der Waals surface area contributed by atoms with Gasteiger partial charge in [-0.3, -0.25) is 4.90 Å². The maximum atomic E-state index is 13.6. The van der Waals surface area contributed by atoms with E-state index in [9.17, 15) is 9.50 Å². The van der Waals surface area contributed by atoms with E-state index < -0.39 is 5.60 Å². The van der Waals surface area contributed by atoms with E-state index in [4.69, 9.17) is 0 Å². The first kappa shape index (κ1) is 14.0. The zero-order valence-corrected chi connectivity index (χ0v) is 12.2. The summed E-state index contributed by atoms with van der Waals surface area (Å²) in [4.78, 5) is 2.00. The van der Waals surface area contributed by atoms with Crippen molar-refractivity contribution in [1.82, 2.24) is 4.90 Å². The number of rotatable bonds is 4. The molecule has 0 heterocycles. The second-order valence-corrected chi connectivity index (χ2v) is 6.26. The summed E-state index contributed by atoms with van der Waals surface area (Å²) in [5.74, 6) is -0.191. The van der Waals surface area contributed by atoms with E-state index in [0.717, 1.165) is 30.2 Å². The topological polar surface area (TPSA) is 23.5 Å². The van der Waals surface area contributed by atoms with Gasteiger partial charge in [0.1, 0.15) is 5.82 Å². The Labute approximate surface area is 116 Å². The van der Waals surface area contributed by atoms with Gasteiger partial charge in [-0.25, -0.2) is 4.39 Å². The van der Waals surface area contributed by atoms with Crippen LogP contribution in [0.15, 0.2) is 22.7 Å². The lowest BCUT2D eigenvalue weighted by atomic mass is 10.0. The van der Waals surface area contributed by atoms with Gasteiger partial charge in [0.15, 0.2) is 0 Å². The number of hydrogen-bond donors (Lipinski definition) is 1. The second-order valence-electron chi connectivity index (χ2n) is 5.34. The first-order chi connectivity index (χ1) is 8.48. The minimum atomic E-state index is -0.572. The molecule has 18 heavy (non-hydrogen) atoms. The summed E-state index contributed by atoms with van der Waals surface area (Å²) < 4.78 is 14.5. The van der Waals surface area contributed by atoms with E-state index in [1.165, 1.54) is 6.07 Å². The Balaban J connectivity index is 1.98. The van der Waals surface area contributed by atoms with Crippen LogP contribution in [0.3, 0.4) is 0 Å². The fourth-order valence-electron chi connectivity index (χ4n) is 2.70. The van der Waals surface area contributed by atoms with Crippen LogP contribution >= 0.6 is 15.9 Å². The van der Waals surface area contributed by atoms with Crippen LogP contribution in [-0.2, 0) is 6.54 Å². The molecule has 2 nitrogen and oxygen atoms in total. The fraction of sp³-hybridized carbons (Fsp3) is 0.571. The predicted molar refractivity (Wildman–Crippen MR) is 73.9 cm³/mol. The molecule has 0 aromatic heterocycles. The van der Waals surface area contributed by atoms with Crippen LogP contribution in [0, 0.1) is 5.82 Å². The fourth-order valence-corrected chi connectivity index (χ4v) is 3.11. The van der Waals surface area contributed by atoms with E-state index in [1.54, 1.807) is 12.1 Å². The van der Waals surface area contributed by atoms with E-state index in [2.05, 4.69) is 15.9 Å². The van der Waals surface area contributed by atoms with Crippen molar-refractivity contribution in [2.75, 3.05) is 13.6 Å². The summed E-state index contributed by atoms with van der Waals surface area (Å²) in [5, 5.41) is 10.3. The number of benzene rings is 1. The minimum Gasteiger partial charge on any atom is -0.389 e. The third-order valence-electron chi connectivity index (χ3n) is 3.55. The highest BCUT2D eigenvalue weighted by Gasteiger charge is 2.32. The third kappa shape index (κ3) is 3.53. The lowest BCUT2D eigenvalue weighted by Crippen LogP contribution is -2.38. The maximum absolute atomic E-state index is 13.6. The van der Waals surface area contributed by atoms with E-state index in [1.807, 2.05) is 11.9 Å². The molecule has 1 aromatic carbocycles. The molecular weight excluding hydrogens is 297 g/mol. The Kier molecular flexibility index (Phi) is 4.41. The normalized spacial score (nSPS) is 18.5. The Hall–Kier alpha value is -0.450. The largest absolute Gasteiger partial charge is 0.389 e. The summed E-state index contributed by atoms with van der Waals surface area (Å²) in [6.45, 7) is 1.13. The van der Waals surface area contributed by atoms with Crippen molar-refractivity contribution in [3.63, 3.8) is 0 Å². The SMILES string of the molecule is CN(Cc1cc(Br)ccc1F)CC1(O)CCCC1. The highest BCUT2D eigenvalue weighted by atomic mass is 79.9. The number of hydrogen-bond acceptors (Lipinski definition) is 2. The molecule has 0 spiro atoms. The van der Waals surface area contributed by atoms with Crippen LogP contribution in [0.1, 0.15) is 31.2 Å². The van der Waals surface area contributed by atoms with Gasteiger partial charge in [-0.15, -0.1) is 0 Å². The molecule has 1 aromatic rings. The maximum Gasteiger partial charge on any atom is 0.127 e. The van der Waals surface area contributed by atoms with E-state index in [0.29, 0.717) is 18.7 Å². The molecule has 4 heteroatoms. The molecule has 1 aliphatic rings. The molecule has 0 radical (unpaired) electrons. The zero-order chi connectivity index (χ0) is 13.2. The Morgan fingerprint density at radius 2 is 2.06 bits per heavy atom. The second kappa shape index (κ2) is 5.68. The van der Waals surface area contributed by atoms with Gasteiger partial charge >= 0.3 is 0 Å². The summed E-state index contributed by atoms with van der Waals surface area (Å²) in [6.07, 6.45) is 3.90. The lowest BCUT2D eigenvalue weighted by Gasteiger charge is -2.28. The van der Waals surface area contributed by atoms with Gasteiger partial charge in [-0.05, 0) is 38.1 Å². The molecule has 1 fully saturated rings. The molecule has 1 N–H and O–H groups in total. The van der Waals surface area contributed by atoms with Crippen LogP contribution in [0.25, 0.3) is 0 Å². The smallest absolute Gasteiger partial charge is 0.127 e. The molecule has 0 amide bonds. The number of aliphatic hydroxyl groups is 1. The molecular formula is C14H19BrFNO. The average Bonchev–Trinajstić information content (AvgIpc) is 2.70. The molecule has 0 bridgehead atoms. The molecule has 0 aliphatic heterocycles. The van der Waals surface area contributed by atoms with Crippen LogP contribution in [0.4, 0.5) is 4.39 Å². The van der Waals surface area contributed by atoms with Crippen molar-refractivity contribution < 1.29 is 9.50 Å². The Bertz CT molecular complexity index is 418. The van der Waals surface area contributed by atoms with E-state index >= 15 is 0 Å². The van der Waals surface area contributed by atoms with E-state index in [-0.39, 0.29) is 5.82 Å². The highest BCUT2D eigenvalue weighted by Crippen LogP contribution is 2.30. The van der Waals surface area contributed by atoms with Crippen LogP contribution in [0.5, 0.6) is 0 Å². The zero-order valence-electron chi connectivity index (χ0n) is 10.6. The van der Waals surface area contributed by atoms with Gasteiger partial charge in [0.05, 0.1) is 5.60 Å². The number of likely N-dealkylation sites (N-methyl/N-ethyl adjacent to an activating group) is 1. The van der Waals surface area contributed by atoms with Crippen LogP contribution < -0.4 is 0 Å². The number of nitrogens with zero attached hydrogens (tertiary/aromatic N) is 1.